The van der Waals surface area contributed by atoms with Crippen LogP contribution < -0.4 is 5.32 Å². The Morgan fingerprint density at radius 2 is 1.76 bits per heavy atom. The number of fused-ring (bicyclic) bond motifs is 1. The topological polar surface area (TPSA) is 109 Å². The quantitative estimate of drug-likeness (QED) is 0.423. The minimum absolute atomic E-state index is 0.208. The van der Waals surface area contributed by atoms with E-state index in [0.717, 1.165) is 22.3 Å². The van der Waals surface area contributed by atoms with Gasteiger partial charge in [0.25, 0.3) is 0 Å². The van der Waals surface area contributed by atoms with Crippen molar-refractivity contribution < 1.29 is 0 Å². The highest BCUT2D eigenvalue weighted by atomic mass is 15.5. The van der Waals surface area contributed by atoms with Crippen LogP contribution in [0, 0.1) is 6.92 Å². The number of aromatic nitrogens is 10. The molecule has 0 radical (unpaired) electrons. The molecule has 11 heteroatoms. The molecule has 0 fully saturated rings. The van der Waals surface area contributed by atoms with E-state index in [1.165, 1.54) is 0 Å². The first kappa shape index (κ1) is 20.9. The Balaban J connectivity index is 1.68. The van der Waals surface area contributed by atoms with Crippen LogP contribution in [0.25, 0.3) is 28.4 Å². The average molecular weight is 446 g/mol. The lowest BCUT2D eigenvalue weighted by molar-refractivity contribution is 0.514. The number of imidazole rings is 1. The van der Waals surface area contributed by atoms with Crippen LogP contribution in [-0.4, -0.2) is 48.9 Å². The van der Waals surface area contributed by atoms with Crippen molar-refractivity contribution >= 4 is 17.2 Å². The van der Waals surface area contributed by atoms with Crippen molar-refractivity contribution in [1.82, 2.24) is 48.9 Å². The number of rotatable bonds is 6. The lowest BCUT2D eigenvalue weighted by Gasteiger charge is -2.09. The summed E-state index contributed by atoms with van der Waals surface area (Å²) >= 11 is 0. The molecule has 5 aromatic rings. The van der Waals surface area contributed by atoms with Gasteiger partial charge in [-0.3, -0.25) is 4.68 Å². The first-order valence-corrected chi connectivity index (χ1v) is 10.9. The van der Waals surface area contributed by atoms with Crippen LogP contribution in [0.5, 0.6) is 0 Å². The van der Waals surface area contributed by atoms with Crippen molar-refractivity contribution in [3.63, 3.8) is 0 Å². The van der Waals surface area contributed by atoms with Gasteiger partial charge in [0.15, 0.2) is 17.5 Å². The van der Waals surface area contributed by atoms with E-state index in [0.29, 0.717) is 23.3 Å². The minimum atomic E-state index is 0.208. The largest absolute Gasteiger partial charge is 0.331 e. The monoisotopic (exact) mass is 445 g/mol. The summed E-state index contributed by atoms with van der Waals surface area (Å²) in [5.74, 6) is 2.41. The lowest BCUT2D eigenvalue weighted by atomic mass is 10.1. The molecule has 0 aliphatic carbocycles. The van der Waals surface area contributed by atoms with Gasteiger partial charge in [0.05, 0.1) is 11.9 Å². The van der Waals surface area contributed by atoms with Gasteiger partial charge in [0.2, 0.25) is 5.82 Å². The fourth-order valence-corrected chi connectivity index (χ4v) is 3.73. The van der Waals surface area contributed by atoms with E-state index in [1.54, 1.807) is 10.9 Å². The van der Waals surface area contributed by atoms with Crippen molar-refractivity contribution in [3.8, 4) is 22.9 Å². The second-order valence-electron chi connectivity index (χ2n) is 8.68. The molecule has 5 aromatic heterocycles. The molecular weight excluding hydrogens is 418 g/mol. The third-order valence-corrected chi connectivity index (χ3v) is 5.60. The van der Waals surface area contributed by atoms with Gasteiger partial charge in [0, 0.05) is 49.5 Å². The molecule has 0 amide bonds. The van der Waals surface area contributed by atoms with E-state index in [-0.39, 0.29) is 12.1 Å². The van der Waals surface area contributed by atoms with Gasteiger partial charge in [0.1, 0.15) is 5.52 Å². The molecule has 0 bridgehead atoms. The summed E-state index contributed by atoms with van der Waals surface area (Å²) in [5, 5.41) is 21.3. The van der Waals surface area contributed by atoms with Crippen molar-refractivity contribution in [3.05, 3.63) is 42.6 Å². The standard InChI is InChI=1S/C22H27N11/c1-13(2)31-9-7-17(27-31)16-11-33-19(15(16)5)20(24-18-12-32(14(3)4)29-26-18)25-21(28-33)22-23-8-10-30(22)6/h7-14H,1-6H3,(H,24,25,28). The Bertz CT molecular complexity index is 1430. The summed E-state index contributed by atoms with van der Waals surface area (Å²) in [6, 6.07) is 2.52. The number of nitrogens with zero attached hydrogens (tertiary/aromatic N) is 10. The summed E-state index contributed by atoms with van der Waals surface area (Å²) in [5.41, 5.74) is 3.76. The predicted molar refractivity (Wildman–Crippen MR) is 125 cm³/mol. The van der Waals surface area contributed by atoms with Gasteiger partial charge in [-0.15, -0.1) is 10.2 Å². The fourth-order valence-electron chi connectivity index (χ4n) is 3.73. The summed E-state index contributed by atoms with van der Waals surface area (Å²) in [7, 11) is 1.92. The molecule has 0 aromatic carbocycles. The van der Waals surface area contributed by atoms with E-state index in [9.17, 15) is 0 Å². The third-order valence-electron chi connectivity index (χ3n) is 5.60. The number of anilines is 2. The molecule has 170 valence electrons. The van der Waals surface area contributed by atoms with Crippen LogP contribution in [0.3, 0.4) is 0 Å². The van der Waals surface area contributed by atoms with Crippen LogP contribution in [0.4, 0.5) is 11.6 Å². The Hall–Kier alpha value is -4.02. The molecule has 0 aliphatic rings. The van der Waals surface area contributed by atoms with Crippen LogP contribution in [0.1, 0.15) is 45.3 Å². The Morgan fingerprint density at radius 1 is 0.970 bits per heavy atom. The molecule has 5 rings (SSSR count). The highest BCUT2D eigenvalue weighted by Crippen LogP contribution is 2.32. The van der Waals surface area contributed by atoms with E-state index in [4.69, 9.17) is 15.2 Å². The zero-order valence-corrected chi connectivity index (χ0v) is 19.6. The molecule has 11 nitrogen and oxygen atoms in total. The second kappa shape index (κ2) is 7.84. The normalized spacial score (nSPS) is 11.9. The van der Waals surface area contributed by atoms with E-state index in [1.807, 2.05) is 51.7 Å². The average Bonchev–Trinajstić information content (AvgIpc) is 3.54. The molecule has 33 heavy (non-hydrogen) atoms. The van der Waals surface area contributed by atoms with Crippen molar-refractivity contribution in [2.24, 2.45) is 7.05 Å². The Morgan fingerprint density at radius 3 is 2.39 bits per heavy atom. The molecule has 0 atom stereocenters. The maximum absolute atomic E-state index is 4.83. The highest BCUT2D eigenvalue weighted by molar-refractivity contribution is 5.83. The van der Waals surface area contributed by atoms with E-state index >= 15 is 0 Å². The zero-order valence-electron chi connectivity index (χ0n) is 19.6. The zero-order chi connectivity index (χ0) is 23.3. The summed E-state index contributed by atoms with van der Waals surface area (Å²) in [6.45, 7) is 10.4. The summed E-state index contributed by atoms with van der Waals surface area (Å²) < 4.78 is 7.48. The molecular formula is C22H27N11. The predicted octanol–water partition coefficient (Wildman–Crippen LogP) is 3.80. The number of aryl methyl sites for hydroxylation is 2. The third kappa shape index (κ3) is 3.65. The number of nitrogens with one attached hydrogen (secondary N) is 1. The maximum atomic E-state index is 4.83. The van der Waals surface area contributed by atoms with E-state index in [2.05, 4.69) is 55.2 Å². The lowest BCUT2D eigenvalue weighted by Crippen LogP contribution is -2.06. The maximum Gasteiger partial charge on any atom is 0.218 e. The van der Waals surface area contributed by atoms with Gasteiger partial charge >= 0.3 is 0 Å². The SMILES string of the molecule is Cc1c(-c2ccn(C(C)C)n2)cn2nc(-c3nccn3C)nc(Nc3cn(C(C)C)nn3)c12. The summed E-state index contributed by atoms with van der Waals surface area (Å²) in [6.07, 6.45) is 9.45. The molecule has 0 spiro atoms. The van der Waals surface area contributed by atoms with Crippen molar-refractivity contribution in [1.29, 1.82) is 0 Å². The van der Waals surface area contributed by atoms with Crippen LogP contribution in [0.2, 0.25) is 0 Å². The highest BCUT2D eigenvalue weighted by Gasteiger charge is 2.20. The molecule has 1 N–H and O–H groups in total. The van der Waals surface area contributed by atoms with Gasteiger partial charge in [-0.25, -0.2) is 19.2 Å². The second-order valence-corrected chi connectivity index (χ2v) is 8.68. The minimum Gasteiger partial charge on any atom is -0.331 e. The first-order valence-electron chi connectivity index (χ1n) is 10.9. The molecule has 5 heterocycles. The summed E-state index contributed by atoms with van der Waals surface area (Å²) in [4.78, 5) is 9.25. The fraction of sp³-hybridized carbons (Fsp3) is 0.364. The van der Waals surface area contributed by atoms with Crippen LogP contribution >= 0.6 is 0 Å². The van der Waals surface area contributed by atoms with E-state index < -0.39 is 0 Å². The molecule has 0 saturated carbocycles. The van der Waals surface area contributed by atoms with Gasteiger partial charge < -0.3 is 9.88 Å². The molecule has 0 aliphatic heterocycles. The van der Waals surface area contributed by atoms with Gasteiger partial charge in [-0.05, 0) is 46.2 Å². The van der Waals surface area contributed by atoms with Gasteiger partial charge in [-0.1, -0.05) is 5.21 Å². The van der Waals surface area contributed by atoms with Crippen LogP contribution in [0.15, 0.2) is 37.1 Å². The number of hydrogen-bond donors (Lipinski definition) is 1. The molecule has 0 unspecified atom stereocenters. The van der Waals surface area contributed by atoms with Gasteiger partial charge in [-0.2, -0.15) is 5.10 Å². The number of hydrogen-bond acceptors (Lipinski definition) is 7. The Labute approximate surface area is 191 Å². The Kier molecular flexibility index (Phi) is 4.95. The first-order chi connectivity index (χ1) is 15.8. The van der Waals surface area contributed by atoms with Crippen LogP contribution in [-0.2, 0) is 7.05 Å². The molecule has 0 saturated heterocycles. The van der Waals surface area contributed by atoms with Crippen molar-refractivity contribution in [2.45, 2.75) is 46.7 Å². The van der Waals surface area contributed by atoms with Crippen molar-refractivity contribution in [2.75, 3.05) is 5.32 Å². The smallest absolute Gasteiger partial charge is 0.218 e.